The number of hydrogen-bond donors (Lipinski definition) is 7. The van der Waals surface area contributed by atoms with Gasteiger partial charge in [-0.15, -0.1) is 0 Å². The molecule has 137 heavy (non-hydrogen) atoms. The lowest BCUT2D eigenvalue weighted by Crippen LogP contribution is -2.55. The number of hydrogen-bond acceptors (Lipinski definition) is 24. The molecule has 6 fully saturated rings. The number of benzene rings is 5. The molecule has 5 aromatic rings. The molecule has 4 amide bonds. The van der Waals surface area contributed by atoms with Crippen molar-refractivity contribution < 1.29 is 109 Å². The summed E-state index contributed by atoms with van der Waals surface area (Å²) < 4.78 is 86.3. The summed E-state index contributed by atoms with van der Waals surface area (Å²) in [6, 6.07) is 35.5. The summed E-state index contributed by atoms with van der Waals surface area (Å²) >= 11 is 0. The highest BCUT2D eigenvalue weighted by molar-refractivity contribution is 6.02. The molecule has 6 heterocycles. The molecule has 9 N–H and O–H groups in total. The van der Waals surface area contributed by atoms with E-state index >= 15 is 0 Å². The second-order valence-electron chi connectivity index (χ2n) is 39.9. The third kappa shape index (κ3) is 44.5. The number of aliphatic carboxylic acids is 2. The number of Topliss-reactive ketones (excluding diaryl/α,β-unsaturated/α-hetero) is 4. The van der Waals surface area contributed by atoms with Gasteiger partial charge in [-0.25, -0.2) is 36.7 Å². The first-order chi connectivity index (χ1) is 63.4. The van der Waals surface area contributed by atoms with E-state index in [0.717, 1.165) is 50.9 Å². The summed E-state index contributed by atoms with van der Waals surface area (Å²) in [7, 11) is 0. The third-order valence-corrected chi connectivity index (χ3v) is 22.1. The molecule has 37 heteroatoms. The normalized spacial score (nSPS) is 23.2. The van der Waals surface area contributed by atoms with E-state index in [1.54, 1.807) is 30.6 Å². The number of carbonyl (C=O) groups is 10. The molecular formula is C100H149F5N12O20. The number of carboxylic acid groups (broad SMARTS) is 2. The Hall–Kier alpha value is -11.2. The number of anilines is 1. The van der Waals surface area contributed by atoms with Gasteiger partial charge >= 0.3 is 42.0 Å². The average Bonchev–Trinajstić information content (AvgIpc) is 0.789. The van der Waals surface area contributed by atoms with Gasteiger partial charge in [-0.3, -0.25) is 53.9 Å². The summed E-state index contributed by atoms with van der Waals surface area (Å²) in [6.07, 6.45) is 5.53. The third-order valence-electron chi connectivity index (χ3n) is 22.1. The molecule has 0 spiro atoms. The number of nitrogens with zero attached hydrogens (tertiary/aromatic N) is 7. The molecular weight excluding hydrogens is 1780 g/mol. The Morgan fingerprint density at radius 2 is 0.723 bits per heavy atom. The van der Waals surface area contributed by atoms with E-state index in [0.29, 0.717) is 112 Å². The minimum atomic E-state index is -1.83. The van der Waals surface area contributed by atoms with Crippen LogP contribution >= 0.6 is 0 Å². The van der Waals surface area contributed by atoms with Crippen molar-refractivity contribution in [1.82, 2.24) is 35.1 Å². The van der Waals surface area contributed by atoms with Crippen LogP contribution in [0.25, 0.3) is 0 Å². The quantitative estimate of drug-likeness (QED) is 0.0136. The molecule has 0 aromatic heterocycles. The van der Waals surface area contributed by atoms with Gasteiger partial charge in [0.15, 0.2) is 28.9 Å². The largest absolute Gasteiger partial charge is 0.481 e. The SMILES string of the molecule is CC1CC(=O)CC(C)N1.CC1CC(=O)CC(C)N1C(=O)OC(C)(C)C.CC1CC(=O)CC(C)N1Cc1ccccc1.CC1CC(N)CC(C)N1C(=O)OC(C)(C)C.CC1CC(NCc2ccccc2)CC(C)N1C(=O)OC(C)(C)C.CC1CC(Nc2c([N+](=O)[O-])ccc(F)c2F)CC(C)N1C(=O)OC(C)(C)C.NCc1ccccc1.O=C(O)CC(=O)CC(=O)O.O=[N+]([O-])c1ccc(F)c(F)c1F. The van der Waals surface area contributed by atoms with Gasteiger partial charge in [0.2, 0.25) is 11.6 Å². The van der Waals surface area contributed by atoms with E-state index in [-0.39, 0.29) is 84.5 Å². The lowest BCUT2D eigenvalue weighted by molar-refractivity contribution is -0.387. The topological polar surface area (TPSA) is 439 Å². The number of amides is 4. The van der Waals surface area contributed by atoms with Crippen LogP contribution in [0, 0.1) is 49.3 Å². The molecule has 0 aliphatic carbocycles. The Labute approximate surface area is 803 Å². The molecule has 0 saturated carbocycles. The van der Waals surface area contributed by atoms with Crippen molar-refractivity contribution in [2.45, 2.75) is 389 Å². The van der Waals surface area contributed by atoms with Gasteiger partial charge in [-0.05, 0) is 234 Å². The number of likely N-dealkylation sites (tertiary alicyclic amines) is 5. The molecule has 6 aliphatic rings. The number of ether oxygens (including phenoxy) is 4. The summed E-state index contributed by atoms with van der Waals surface area (Å²) in [5.74, 6) is -9.85. The average molecular weight is 1930 g/mol. The Morgan fingerprint density at radius 3 is 1.05 bits per heavy atom. The summed E-state index contributed by atoms with van der Waals surface area (Å²) in [4.78, 5) is 141. The van der Waals surface area contributed by atoms with E-state index in [1.165, 1.54) is 16.7 Å². The molecule has 5 aromatic carbocycles. The Balaban J connectivity index is 0.000000406. The number of nitrogens with two attached hydrogens (primary N) is 2. The fourth-order valence-corrected chi connectivity index (χ4v) is 16.6. The van der Waals surface area contributed by atoms with Crippen LogP contribution in [0.5, 0.6) is 0 Å². The molecule has 6 saturated heterocycles. The van der Waals surface area contributed by atoms with Crippen molar-refractivity contribution in [1.29, 1.82) is 0 Å². The maximum absolute atomic E-state index is 14.1. The number of nitro groups is 2. The second-order valence-corrected chi connectivity index (χ2v) is 39.9. The number of nitrogens with one attached hydrogen (secondary N) is 3. The molecule has 12 atom stereocenters. The minimum absolute atomic E-state index is 0.0638. The van der Waals surface area contributed by atoms with Gasteiger partial charge < -0.3 is 76.2 Å². The predicted molar refractivity (Wildman–Crippen MR) is 514 cm³/mol. The maximum Gasteiger partial charge on any atom is 0.410 e. The Morgan fingerprint density at radius 1 is 0.416 bits per heavy atom. The first-order valence-electron chi connectivity index (χ1n) is 46.5. The highest BCUT2D eigenvalue weighted by atomic mass is 19.2. The van der Waals surface area contributed by atoms with Gasteiger partial charge in [-0.2, -0.15) is 4.39 Å². The molecule has 32 nitrogen and oxygen atoms in total. The molecule has 12 unspecified atom stereocenters. The maximum atomic E-state index is 14.1. The van der Waals surface area contributed by atoms with Crippen molar-refractivity contribution in [2.24, 2.45) is 11.5 Å². The first-order valence-corrected chi connectivity index (χ1v) is 46.5. The van der Waals surface area contributed by atoms with Crippen molar-refractivity contribution >= 4 is 76.5 Å². The predicted octanol–water partition coefficient (Wildman–Crippen LogP) is 18.9. The van der Waals surface area contributed by atoms with Crippen LogP contribution < -0.4 is 27.4 Å². The number of carboxylic acids is 2. The van der Waals surface area contributed by atoms with Gasteiger partial charge in [0, 0.05) is 161 Å². The van der Waals surface area contributed by atoms with Gasteiger partial charge in [0.1, 0.15) is 52.6 Å². The smallest absolute Gasteiger partial charge is 0.410 e. The zero-order chi connectivity index (χ0) is 104. The summed E-state index contributed by atoms with van der Waals surface area (Å²) in [6.45, 7) is 48.8. The van der Waals surface area contributed by atoms with E-state index in [2.05, 4.69) is 97.1 Å². The Kier molecular flexibility index (Phi) is 49.1. The fourth-order valence-electron chi connectivity index (χ4n) is 16.6. The molecule has 11 rings (SSSR count). The Bertz CT molecular complexity index is 4640. The molecule has 0 radical (unpaired) electrons. The standard InChI is InChI=1S/C19H30N2O2.C18H25F2N3O4.C14H19NO.C12H24N2O2.C12H21NO3.C7H13NO.C7H9N.C6H2F3NO2.C5H6O5/c1-14-11-17(20-13-16-9-7-6-8-10-16)12-15(2)21(14)18(22)23-19(3,4)5;1-10-8-12(9-11(2)22(10)17(24)27-18(3,4)5)21-16-14(23(25)26)7-6-13(19)15(16)20;1-11-8-14(16)9-12(2)15(11)10-13-6-4-3-5-7-13;1-8-6-10(13)7-9(2)14(8)11(15)16-12(3,4)5;1-8-6-10(14)7-9(2)13(8)11(15)16-12(3,4)5;1-5-3-7(9)4-6(2)8-5;8-6-7-4-2-1-3-5-7;7-3-1-2-4(10(11)12)6(9)5(3)8;6-3(1-4(7)8)2-5(9)10/h6-10,14-15,17,20H,11-13H2,1-5H3;6-7,10-12,21H,8-9H2,1-5H3;3-7,11-12H,8-10H2,1-2H3;8-10H,6-7,13H2,1-5H3;8-9H,6-7H2,1-5H3;5-6,8H,3-4H2,1-2H3;1-5H,6,8H2;1-2H;1-2H2,(H,7,8)(H,9,10). The highest BCUT2D eigenvalue weighted by Gasteiger charge is 2.42. The summed E-state index contributed by atoms with van der Waals surface area (Å²) in [5.41, 5.74) is 11.0. The minimum Gasteiger partial charge on any atom is -0.481 e. The molecule has 0 bridgehead atoms. The second kappa shape index (κ2) is 56.0. The van der Waals surface area contributed by atoms with Crippen LogP contribution in [0.1, 0.15) is 273 Å². The van der Waals surface area contributed by atoms with Crippen LogP contribution in [0.15, 0.2) is 115 Å². The molecule has 764 valence electrons. The lowest BCUT2D eigenvalue weighted by Gasteiger charge is -2.43. The fraction of sp³-hybridized carbons (Fsp3) is 0.600. The van der Waals surface area contributed by atoms with Crippen LogP contribution in [-0.2, 0) is 67.3 Å². The monoisotopic (exact) mass is 1930 g/mol. The van der Waals surface area contributed by atoms with E-state index in [1.807, 2.05) is 170 Å². The zero-order valence-electron chi connectivity index (χ0n) is 84.1. The van der Waals surface area contributed by atoms with Gasteiger partial charge in [0.25, 0.3) is 5.69 Å². The van der Waals surface area contributed by atoms with Crippen molar-refractivity contribution in [3.8, 4) is 0 Å². The zero-order valence-corrected chi connectivity index (χ0v) is 84.1. The summed E-state index contributed by atoms with van der Waals surface area (Å²) in [5, 5.41) is 46.8. The number of piperidine rings is 6. The van der Waals surface area contributed by atoms with Crippen LogP contribution in [0.2, 0.25) is 0 Å². The number of halogens is 5. The van der Waals surface area contributed by atoms with Crippen molar-refractivity contribution in [3.05, 3.63) is 181 Å². The van der Waals surface area contributed by atoms with E-state index < -0.39 is 115 Å². The number of rotatable bonds is 14. The van der Waals surface area contributed by atoms with E-state index in [4.69, 9.17) is 40.6 Å². The number of carbonyl (C=O) groups excluding carboxylic acids is 8. The van der Waals surface area contributed by atoms with Gasteiger partial charge in [-0.1, -0.05) is 91.0 Å². The highest BCUT2D eigenvalue weighted by Crippen LogP contribution is 2.36. The van der Waals surface area contributed by atoms with Crippen LogP contribution in [0.4, 0.5) is 58.2 Å². The van der Waals surface area contributed by atoms with Crippen molar-refractivity contribution in [3.63, 3.8) is 0 Å². The van der Waals surface area contributed by atoms with Crippen LogP contribution in [-0.4, -0.2) is 217 Å². The van der Waals surface area contributed by atoms with E-state index in [9.17, 15) is 90.1 Å². The van der Waals surface area contributed by atoms with Crippen LogP contribution in [0.3, 0.4) is 0 Å². The molecule has 6 aliphatic heterocycles. The number of nitro benzene ring substituents is 2. The lowest BCUT2D eigenvalue weighted by atomic mass is 9.93. The van der Waals surface area contributed by atoms with Gasteiger partial charge in [0.05, 0.1) is 9.85 Å². The van der Waals surface area contributed by atoms with Crippen molar-refractivity contribution in [2.75, 3.05) is 5.32 Å². The number of ketones is 4. The first kappa shape index (κ1) is 120.